The predicted octanol–water partition coefficient (Wildman–Crippen LogP) is 1.04. The molecule has 6 nitrogen and oxygen atoms in total. The molecule has 0 N–H and O–H groups in total. The van der Waals surface area contributed by atoms with Crippen LogP contribution in [-0.4, -0.2) is 56.5 Å². The van der Waals surface area contributed by atoms with E-state index in [1.165, 1.54) is 7.11 Å². The maximum atomic E-state index is 11.9. The molecule has 0 spiro atoms. The molecule has 104 valence electrons. The minimum Gasteiger partial charge on any atom is -0.466 e. The second kappa shape index (κ2) is 7.20. The number of ether oxygens (including phenoxy) is 3. The van der Waals surface area contributed by atoms with Gasteiger partial charge < -0.3 is 19.1 Å². The normalized spacial score (nSPS) is 17.4. The fourth-order valence-corrected chi connectivity index (χ4v) is 1.69. The fraction of sp³-hybridized carbons (Fsp3) is 0.833. The molecule has 6 heteroatoms. The minimum absolute atomic E-state index is 0.242. The first-order chi connectivity index (χ1) is 8.54. The van der Waals surface area contributed by atoms with Crippen molar-refractivity contribution in [3.05, 3.63) is 0 Å². The lowest BCUT2D eigenvalue weighted by atomic mass is 10.1. The van der Waals surface area contributed by atoms with E-state index in [9.17, 15) is 9.59 Å². The summed E-state index contributed by atoms with van der Waals surface area (Å²) in [6.07, 6.45) is -0.845. The molecule has 0 aromatic heterocycles. The molecule has 1 amide bonds. The van der Waals surface area contributed by atoms with Gasteiger partial charge in [0.1, 0.15) is 0 Å². The Labute approximate surface area is 107 Å². The van der Waals surface area contributed by atoms with Crippen LogP contribution < -0.4 is 0 Å². The molecule has 0 radical (unpaired) electrons. The van der Waals surface area contributed by atoms with E-state index in [4.69, 9.17) is 9.47 Å². The van der Waals surface area contributed by atoms with Gasteiger partial charge in [-0.3, -0.25) is 0 Å². The van der Waals surface area contributed by atoms with Gasteiger partial charge in [0.2, 0.25) is 6.10 Å². The Balaban J connectivity index is 2.52. The third-order valence-corrected chi connectivity index (χ3v) is 2.66. The van der Waals surface area contributed by atoms with Crippen molar-refractivity contribution in [2.24, 2.45) is 5.92 Å². The average molecular weight is 259 g/mol. The van der Waals surface area contributed by atoms with Crippen molar-refractivity contribution in [3.63, 3.8) is 0 Å². The zero-order valence-corrected chi connectivity index (χ0v) is 11.2. The lowest BCUT2D eigenvalue weighted by Crippen LogP contribution is -2.43. The minimum atomic E-state index is -0.828. The van der Waals surface area contributed by atoms with Crippen LogP contribution in [0.2, 0.25) is 0 Å². The second-order valence-electron chi connectivity index (χ2n) is 4.62. The Morgan fingerprint density at radius 2 is 1.89 bits per heavy atom. The van der Waals surface area contributed by atoms with Gasteiger partial charge in [-0.25, -0.2) is 9.59 Å². The van der Waals surface area contributed by atoms with Crippen molar-refractivity contribution >= 4 is 12.1 Å². The summed E-state index contributed by atoms with van der Waals surface area (Å²) in [6, 6.07) is 0. The van der Waals surface area contributed by atoms with Gasteiger partial charge in [0.15, 0.2) is 0 Å². The van der Waals surface area contributed by atoms with Crippen molar-refractivity contribution in [1.82, 2.24) is 4.90 Å². The molecule has 1 rings (SSSR count). The number of hydrogen-bond donors (Lipinski definition) is 0. The molecular weight excluding hydrogens is 238 g/mol. The lowest BCUT2D eigenvalue weighted by molar-refractivity contribution is -0.152. The van der Waals surface area contributed by atoms with Crippen LogP contribution in [0.3, 0.4) is 0 Å². The van der Waals surface area contributed by atoms with Crippen LogP contribution in [0, 0.1) is 5.92 Å². The largest absolute Gasteiger partial charge is 0.466 e. The first kappa shape index (κ1) is 14.8. The molecule has 1 unspecified atom stereocenters. The van der Waals surface area contributed by atoms with Gasteiger partial charge in [-0.1, -0.05) is 13.8 Å². The number of nitrogens with zero attached hydrogens (tertiary/aromatic N) is 1. The molecule has 1 aliphatic rings. The summed E-state index contributed by atoms with van der Waals surface area (Å²) in [5, 5.41) is 0. The highest BCUT2D eigenvalue weighted by atomic mass is 16.6. The van der Waals surface area contributed by atoms with Gasteiger partial charge in [-0.05, 0) is 12.3 Å². The summed E-state index contributed by atoms with van der Waals surface area (Å²) in [4.78, 5) is 24.9. The molecule has 0 saturated carbocycles. The SMILES string of the molecule is COC(=O)C(CC(C)C)OC(=O)N1CCOCC1. The van der Waals surface area contributed by atoms with Crippen LogP contribution in [0.15, 0.2) is 0 Å². The molecular formula is C12H21NO5. The number of amides is 1. The standard InChI is InChI=1S/C12H21NO5/c1-9(2)8-10(11(14)16-3)18-12(15)13-4-6-17-7-5-13/h9-10H,4-8H2,1-3H3. The Kier molecular flexibility index (Phi) is 5.91. The molecule has 0 bridgehead atoms. The summed E-state index contributed by atoms with van der Waals surface area (Å²) < 4.78 is 15.0. The van der Waals surface area contributed by atoms with E-state index in [0.717, 1.165) is 0 Å². The number of carbonyl (C=O) groups is 2. The smallest absolute Gasteiger partial charge is 0.410 e. The van der Waals surface area contributed by atoms with Gasteiger partial charge in [0.25, 0.3) is 0 Å². The highest BCUT2D eigenvalue weighted by molar-refractivity contribution is 5.78. The van der Waals surface area contributed by atoms with E-state index < -0.39 is 18.2 Å². The van der Waals surface area contributed by atoms with E-state index in [1.54, 1.807) is 4.90 Å². The van der Waals surface area contributed by atoms with E-state index in [-0.39, 0.29) is 5.92 Å². The van der Waals surface area contributed by atoms with Crippen LogP contribution in [0.1, 0.15) is 20.3 Å². The first-order valence-corrected chi connectivity index (χ1v) is 6.15. The second-order valence-corrected chi connectivity index (χ2v) is 4.62. The average Bonchev–Trinajstić information content (AvgIpc) is 2.37. The number of morpholine rings is 1. The van der Waals surface area contributed by atoms with E-state index in [2.05, 4.69) is 4.74 Å². The van der Waals surface area contributed by atoms with Gasteiger partial charge in [0.05, 0.1) is 20.3 Å². The van der Waals surface area contributed by atoms with Gasteiger partial charge in [-0.2, -0.15) is 0 Å². The molecule has 18 heavy (non-hydrogen) atoms. The number of hydrogen-bond acceptors (Lipinski definition) is 5. The molecule has 0 aliphatic carbocycles. The van der Waals surface area contributed by atoms with Crippen LogP contribution in [0.4, 0.5) is 4.79 Å². The fourth-order valence-electron chi connectivity index (χ4n) is 1.69. The van der Waals surface area contributed by atoms with Gasteiger partial charge >= 0.3 is 12.1 Å². The molecule has 1 fully saturated rings. The maximum absolute atomic E-state index is 11.9. The first-order valence-electron chi connectivity index (χ1n) is 6.15. The molecule has 1 saturated heterocycles. The highest BCUT2D eigenvalue weighted by Crippen LogP contribution is 2.12. The molecule has 0 aromatic carbocycles. The zero-order chi connectivity index (χ0) is 13.5. The van der Waals surface area contributed by atoms with Crippen molar-refractivity contribution in [2.75, 3.05) is 33.4 Å². The molecule has 1 aliphatic heterocycles. The van der Waals surface area contributed by atoms with Crippen LogP contribution >= 0.6 is 0 Å². The summed E-state index contributed by atoms with van der Waals surface area (Å²) in [7, 11) is 1.29. The number of carbonyl (C=O) groups excluding carboxylic acids is 2. The molecule has 0 aromatic rings. The Morgan fingerprint density at radius 3 is 2.39 bits per heavy atom. The number of methoxy groups -OCH3 is 1. The van der Waals surface area contributed by atoms with Crippen LogP contribution in [0.5, 0.6) is 0 Å². The van der Waals surface area contributed by atoms with E-state index >= 15 is 0 Å². The van der Waals surface area contributed by atoms with Crippen molar-refractivity contribution in [1.29, 1.82) is 0 Å². The summed E-state index contributed by atoms with van der Waals surface area (Å²) in [6.45, 7) is 5.91. The van der Waals surface area contributed by atoms with Crippen molar-refractivity contribution in [3.8, 4) is 0 Å². The van der Waals surface area contributed by atoms with Crippen LogP contribution in [0.25, 0.3) is 0 Å². The molecule has 1 atom stereocenters. The summed E-state index contributed by atoms with van der Waals surface area (Å²) in [5.41, 5.74) is 0. The number of rotatable bonds is 4. The third-order valence-electron chi connectivity index (χ3n) is 2.66. The number of esters is 1. The Bertz CT molecular complexity index is 286. The predicted molar refractivity (Wildman–Crippen MR) is 64.1 cm³/mol. The zero-order valence-electron chi connectivity index (χ0n) is 11.2. The van der Waals surface area contributed by atoms with Crippen LogP contribution in [-0.2, 0) is 19.0 Å². The topological polar surface area (TPSA) is 65.1 Å². The Hall–Kier alpha value is -1.30. The third kappa shape index (κ3) is 4.52. The Morgan fingerprint density at radius 1 is 1.28 bits per heavy atom. The monoisotopic (exact) mass is 259 g/mol. The highest BCUT2D eigenvalue weighted by Gasteiger charge is 2.28. The van der Waals surface area contributed by atoms with Crippen molar-refractivity contribution < 1.29 is 23.8 Å². The quantitative estimate of drug-likeness (QED) is 0.706. The van der Waals surface area contributed by atoms with Gasteiger partial charge in [-0.15, -0.1) is 0 Å². The van der Waals surface area contributed by atoms with Crippen molar-refractivity contribution in [2.45, 2.75) is 26.4 Å². The molecule has 1 heterocycles. The lowest BCUT2D eigenvalue weighted by Gasteiger charge is -2.28. The van der Waals surface area contributed by atoms with Gasteiger partial charge in [0, 0.05) is 13.1 Å². The summed E-state index contributed by atoms with van der Waals surface area (Å²) in [5.74, 6) is -0.267. The maximum Gasteiger partial charge on any atom is 0.410 e. The summed E-state index contributed by atoms with van der Waals surface area (Å²) >= 11 is 0. The van der Waals surface area contributed by atoms with E-state index in [1.807, 2.05) is 13.8 Å². The van der Waals surface area contributed by atoms with E-state index in [0.29, 0.717) is 32.7 Å².